The van der Waals surface area contributed by atoms with E-state index in [-0.39, 0.29) is 25.8 Å². The number of phosphoric acid groups is 1. The van der Waals surface area contributed by atoms with E-state index < -0.39 is 13.9 Å². The van der Waals surface area contributed by atoms with E-state index in [1.54, 1.807) is 0 Å². The molecule has 0 aromatic carbocycles. The molecular weight excluding hydrogens is 709 g/mol. The summed E-state index contributed by atoms with van der Waals surface area (Å²) in [7, 11) is 1.62. The molecule has 8 nitrogen and oxygen atoms in total. The average Bonchev–Trinajstić information content (AvgIpc) is 3.13. The van der Waals surface area contributed by atoms with Gasteiger partial charge in [-0.3, -0.25) is 13.8 Å². The number of hydrogen-bond donors (Lipinski definition) is 1. The van der Waals surface area contributed by atoms with Crippen LogP contribution in [-0.2, 0) is 27.9 Å². The highest BCUT2D eigenvalue weighted by Gasteiger charge is 2.26. The molecule has 0 rings (SSSR count). The van der Waals surface area contributed by atoms with Crippen LogP contribution in [0, 0.1) is 0 Å². The first-order valence-electron chi connectivity index (χ1n) is 21.7. The number of phosphoric ester groups is 1. The summed E-state index contributed by atoms with van der Waals surface area (Å²) < 4.78 is 34.9. The predicted molar refractivity (Wildman–Crippen MR) is 233 cm³/mol. The fourth-order valence-electron chi connectivity index (χ4n) is 5.45. The third kappa shape index (κ3) is 42.9. The van der Waals surface area contributed by atoms with Crippen LogP contribution in [0.4, 0.5) is 0 Å². The lowest BCUT2D eigenvalue weighted by atomic mass is 10.0. The Bertz CT molecular complexity index is 1110. The number of ether oxygens (including phenoxy) is 2. The van der Waals surface area contributed by atoms with Gasteiger partial charge in [0.2, 0.25) is 0 Å². The van der Waals surface area contributed by atoms with Crippen molar-refractivity contribution in [3.05, 3.63) is 72.9 Å². The number of esters is 1. The maximum Gasteiger partial charge on any atom is 0.472 e. The Hall–Kier alpha value is -2.06. The summed E-state index contributed by atoms with van der Waals surface area (Å²) in [4.78, 5) is 22.8. The number of nitrogens with zero attached hydrogens (tertiary/aromatic N) is 1. The van der Waals surface area contributed by atoms with Crippen molar-refractivity contribution in [1.29, 1.82) is 0 Å². The smallest absolute Gasteiger partial charge is 0.457 e. The van der Waals surface area contributed by atoms with Crippen molar-refractivity contribution >= 4 is 13.8 Å². The van der Waals surface area contributed by atoms with Crippen LogP contribution in [0.15, 0.2) is 72.9 Å². The molecule has 2 unspecified atom stereocenters. The molecule has 55 heavy (non-hydrogen) atoms. The number of quaternary nitrogens is 1. The predicted octanol–water partition coefficient (Wildman–Crippen LogP) is 12.7. The molecule has 0 spiro atoms. The van der Waals surface area contributed by atoms with Crippen LogP contribution in [0.1, 0.15) is 155 Å². The summed E-state index contributed by atoms with van der Waals surface area (Å²) in [5.74, 6) is -0.336. The normalized spacial score (nSPS) is 14.5. The lowest BCUT2D eigenvalue weighted by Gasteiger charge is -2.24. The van der Waals surface area contributed by atoms with Crippen LogP contribution < -0.4 is 0 Å². The zero-order chi connectivity index (χ0) is 40.6. The molecule has 0 heterocycles. The van der Waals surface area contributed by atoms with Gasteiger partial charge in [0.25, 0.3) is 0 Å². The van der Waals surface area contributed by atoms with Crippen molar-refractivity contribution in [3.63, 3.8) is 0 Å². The maximum atomic E-state index is 12.7. The van der Waals surface area contributed by atoms with Crippen molar-refractivity contribution in [2.45, 2.75) is 161 Å². The quantitative estimate of drug-likeness (QED) is 0.0218. The van der Waals surface area contributed by atoms with E-state index in [2.05, 4.69) is 86.8 Å². The number of allylic oxidation sites excluding steroid dienone is 12. The summed E-state index contributed by atoms with van der Waals surface area (Å²) in [6.45, 7) is 5.33. The minimum atomic E-state index is -4.29. The van der Waals surface area contributed by atoms with Gasteiger partial charge in [-0.2, -0.15) is 0 Å². The van der Waals surface area contributed by atoms with Crippen molar-refractivity contribution in [2.24, 2.45) is 0 Å². The third-order valence-electron chi connectivity index (χ3n) is 8.78. The van der Waals surface area contributed by atoms with Gasteiger partial charge in [-0.05, 0) is 57.8 Å². The SMILES string of the molecule is CC/C=C\C/C=C\C/C=C\C/C=C\C/C=C\C/C=C\CCCOCC(COP(=O)(O)OCC[N+](C)(C)C)OC(=O)CCCCCCCCCCCCCCC. The Labute approximate surface area is 338 Å². The number of rotatable bonds is 39. The van der Waals surface area contributed by atoms with E-state index in [0.29, 0.717) is 24.1 Å². The monoisotopic (exact) mass is 793 g/mol. The van der Waals surface area contributed by atoms with Crippen LogP contribution >= 0.6 is 7.82 Å². The molecule has 0 radical (unpaired) electrons. The largest absolute Gasteiger partial charge is 0.472 e. The minimum absolute atomic E-state index is 0.0753. The Kier molecular flexibility index (Phi) is 37.3. The first kappa shape index (κ1) is 52.9. The molecule has 0 aliphatic rings. The van der Waals surface area contributed by atoms with Crippen molar-refractivity contribution in [3.8, 4) is 0 Å². The van der Waals surface area contributed by atoms with E-state index in [0.717, 1.165) is 70.6 Å². The molecule has 0 aromatic rings. The number of likely N-dealkylation sites (N-methyl/N-ethyl adjacent to an activating group) is 1. The molecule has 0 aromatic heterocycles. The molecule has 0 aliphatic heterocycles. The van der Waals surface area contributed by atoms with Crippen molar-refractivity contribution in [2.75, 3.05) is 54.1 Å². The minimum Gasteiger partial charge on any atom is -0.457 e. The van der Waals surface area contributed by atoms with Crippen LogP contribution in [0.5, 0.6) is 0 Å². The number of carbonyl (C=O) groups excluding carboxylic acids is 1. The Balaban J connectivity index is 4.36. The highest BCUT2D eigenvalue weighted by atomic mass is 31.2. The molecule has 1 N–H and O–H groups in total. The second-order valence-corrected chi connectivity index (χ2v) is 16.8. The highest BCUT2D eigenvalue weighted by Crippen LogP contribution is 2.43. The van der Waals surface area contributed by atoms with Gasteiger partial charge >= 0.3 is 13.8 Å². The van der Waals surface area contributed by atoms with Gasteiger partial charge in [0, 0.05) is 13.0 Å². The molecule has 318 valence electrons. The number of hydrogen-bond acceptors (Lipinski definition) is 6. The Morgan fingerprint density at radius 2 is 1.04 bits per heavy atom. The molecule has 0 saturated heterocycles. The van der Waals surface area contributed by atoms with Crippen LogP contribution in [0.3, 0.4) is 0 Å². The van der Waals surface area contributed by atoms with E-state index in [1.807, 2.05) is 21.1 Å². The number of unbranched alkanes of at least 4 members (excludes halogenated alkanes) is 13. The molecular formula is C46H83NO7P+. The van der Waals surface area contributed by atoms with Crippen molar-refractivity contribution in [1.82, 2.24) is 0 Å². The fourth-order valence-corrected chi connectivity index (χ4v) is 6.19. The van der Waals surface area contributed by atoms with Gasteiger partial charge in [-0.25, -0.2) is 4.57 Å². The topological polar surface area (TPSA) is 91.3 Å². The lowest BCUT2D eigenvalue weighted by molar-refractivity contribution is -0.870. The zero-order valence-electron chi connectivity index (χ0n) is 35.9. The van der Waals surface area contributed by atoms with Crippen LogP contribution in [0.2, 0.25) is 0 Å². The lowest BCUT2D eigenvalue weighted by Crippen LogP contribution is -2.37. The average molecular weight is 793 g/mol. The molecule has 2 atom stereocenters. The van der Waals surface area contributed by atoms with Gasteiger partial charge in [0.1, 0.15) is 19.3 Å². The summed E-state index contributed by atoms with van der Waals surface area (Å²) in [5, 5.41) is 0. The summed E-state index contributed by atoms with van der Waals surface area (Å²) >= 11 is 0. The maximum absolute atomic E-state index is 12.7. The highest BCUT2D eigenvalue weighted by molar-refractivity contribution is 7.47. The van der Waals surface area contributed by atoms with E-state index in [9.17, 15) is 14.3 Å². The molecule has 0 amide bonds. The van der Waals surface area contributed by atoms with E-state index in [4.69, 9.17) is 18.5 Å². The standard InChI is InChI=1S/C46H82NO7P/c1-6-8-10-12-14-16-18-20-21-22-23-24-25-26-28-30-32-34-36-38-41-51-43-45(44-53-55(49,50)52-42-40-47(3,4)5)54-46(48)39-37-35-33-31-29-27-19-17-15-13-11-9-7-2/h8,10,14,16,20-21,23-24,26,28,32,34,45H,6-7,9,11-13,15,17-19,22,25,27,29-31,33,35-44H2,1-5H3/p+1/b10-8-,16-14-,21-20-,24-23-,28-26-,34-32-. The second-order valence-electron chi connectivity index (χ2n) is 15.3. The van der Waals surface area contributed by atoms with Gasteiger partial charge in [-0.15, -0.1) is 0 Å². The van der Waals surface area contributed by atoms with Gasteiger partial charge in [0.05, 0.1) is 34.4 Å². The van der Waals surface area contributed by atoms with Crippen LogP contribution in [-0.4, -0.2) is 75.6 Å². The summed E-state index contributed by atoms with van der Waals surface area (Å²) in [6, 6.07) is 0. The molecule has 0 saturated carbocycles. The van der Waals surface area contributed by atoms with Gasteiger partial charge in [-0.1, -0.05) is 164 Å². The van der Waals surface area contributed by atoms with Crippen LogP contribution in [0.25, 0.3) is 0 Å². The van der Waals surface area contributed by atoms with Gasteiger partial charge in [0.15, 0.2) is 0 Å². The fraction of sp³-hybridized carbons (Fsp3) is 0.717. The Morgan fingerprint density at radius 1 is 0.582 bits per heavy atom. The van der Waals surface area contributed by atoms with Crippen molar-refractivity contribution < 1.29 is 37.3 Å². The van der Waals surface area contributed by atoms with E-state index in [1.165, 1.54) is 64.2 Å². The third-order valence-corrected chi connectivity index (χ3v) is 9.77. The van der Waals surface area contributed by atoms with E-state index >= 15 is 0 Å². The summed E-state index contributed by atoms with van der Waals surface area (Å²) in [6.07, 6.45) is 49.5. The number of carbonyl (C=O) groups is 1. The summed E-state index contributed by atoms with van der Waals surface area (Å²) in [5.41, 5.74) is 0. The first-order valence-corrected chi connectivity index (χ1v) is 23.2. The Morgan fingerprint density at radius 3 is 1.51 bits per heavy atom. The van der Waals surface area contributed by atoms with Gasteiger partial charge < -0.3 is 18.9 Å². The molecule has 9 heteroatoms. The molecule has 0 fully saturated rings. The molecule has 0 aliphatic carbocycles. The second kappa shape index (κ2) is 38.8. The molecule has 0 bridgehead atoms. The zero-order valence-corrected chi connectivity index (χ0v) is 36.8. The first-order chi connectivity index (χ1) is 26.6.